The van der Waals surface area contributed by atoms with Crippen LogP contribution in [0.3, 0.4) is 0 Å². The highest BCUT2D eigenvalue weighted by molar-refractivity contribution is 8.14. The maximum atomic E-state index is 13.8. The van der Waals surface area contributed by atoms with Crippen LogP contribution in [0.1, 0.15) is 65.2 Å². The van der Waals surface area contributed by atoms with Crippen LogP contribution < -0.4 is 9.62 Å². The average molecular weight is 691 g/mol. The summed E-state index contributed by atoms with van der Waals surface area (Å²) in [6.07, 6.45) is 4.56. The second kappa shape index (κ2) is 15.4. The standard InChI is InChI=1S/C31H38N4O8S3/c1-3-4-5-9-19-35(31(38)44-23-11-7-6-8-12-23)27-14-10-13-25-29(27)26(20-28(30(25)37)45(39,40)34-21(2)36)33-32-22-15-17-24(18-16-22)46(41,42)43/h6-8,10-14,20,22,24,37H,3-5,9,15-19H2,1-2H3,(H,34,36)(H,41,42,43). The lowest BCUT2D eigenvalue weighted by Crippen LogP contribution is -2.29. The number of unbranched alkanes of at least 4 members (excludes halogenated alkanes) is 3. The van der Waals surface area contributed by atoms with E-state index in [0.717, 1.165) is 48.9 Å². The summed E-state index contributed by atoms with van der Waals surface area (Å²) >= 11 is 1.04. The minimum atomic E-state index is -4.51. The van der Waals surface area contributed by atoms with Gasteiger partial charge in [-0.2, -0.15) is 18.6 Å². The van der Waals surface area contributed by atoms with Gasteiger partial charge in [-0.05, 0) is 68.1 Å². The molecule has 15 heteroatoms. The molecule has 0 aromatic heterocycles. The molecule has 1 aliphatic carbocycles. The largest absolute Gasteiger partial charge is 0.506 e. The topological polar surface area (TPSA) is 183 Å². The van der Waals surface area contributed by atoms with Crippen molar-refractivity contribution in [1.29, 1.82) is 0 Å². The number of amides is 2. The van der Waals surface area contributed by atoms with Gasteiger partial charge >= 0.3 is 0 Å². The Balaban J connectivity index is 1.85. The van der Waals surface area contributed by atoms with Crippen molar-refractivity contribution in [1.82, 2.24) is 4.72 Å². The predicted molar refractivity (Wildman–Crippen MR) is 178 cm³/mol. The van der Waals surface area contributed by atoms with E-state index in [9.17, 15) is 36.1 Å². The number of anilines is 1. The van der Waals surface area contributed by atoms with Gasteiger partial charge in [0, 0.05) is 29.1 Å². The number of fused-ring (bicyclic) bond motifs is 1. The predicted octanol–water partition coefficient (Wildman–Crippen LogP) is 6.95. The molecule has 0 radical (unpaired) electrons. The summed E-state index contributed by atoms with van der Waals surface area (Å²) in [7, 11) is -8.69. The van der Waals surface area contributed by atoms with Gasteiger partial charge in [-0.15, -0.1) is 0 Å². The third-order valence-corrected chi connectivity index (χ3v) is 11.4. The molecule has 4 rings (SSSR count). The van der Waals surface area contributed by atoms with E-state index in [2.05, 4.69) is 17.2 Å². The van der Waals surface area contributed by atoms with Gasteiger partial charge in [-0.3, -0.25) is 14.1 Å². The maximum Gasteiger partial charge on any atom is 0.290 e. The number of rotatable bonds is 12. The first kappa shape index (κ1) is 35.3. The molecule has 0 saturated heterocycles. The van der Waals surface area contributed by atoms with E-state index in [4.69, 9.17) is 0 Å². The fourth-order valence-electron chi connectivity index (χ4n) is 5.41. The second-order valence-corrected chi connectivity index (χ2v) is 15.5. The molecule has 0 atom stereocenters. The van der Waals surface area contributed by atoms with Crippen LogP contribution in [0.25, 0.3) is 10.8 Å². The van der Waals surface area contributed by atoms with Crippen LogP contribution in [0.5, 0.6) is 5.75 Å². The SMILES string of the molecule is CCCCCCN(C(=O)Sc1ccccc1)c1cccc2c(O)c(S(=O)(=O)NC(C)=O)cc(N=NC3CCC(S(=O)(=O)O)CC3)c12. The highest BCUT2D eigenvalue weighted by Gasteiger charge is 2.30. The van der Waals surface area contributed by atoms with Gasteiger partial charge in [-0.25, -0.2) is 13.1 Å². The Morgan fingerprint density at radius 1 is 0.978 bits per heavy atom. The van der Waals surface area contributed by atoms with E-state index in [1.54, 1.807) is 17.0 Å². The number of benzene rings is 3. The van der Waals surface area contributed by atoms with E-state index < -0.39 is 48.0 Å². The molecule has 12 nitrogen and oxygen atoms in total. The zero-order chi connectivity index (χ0) is 33.5. The van der Waals surface area contributed by atoms with Crippen molar-refractivity contribution < 1.29 is 36.1 Å². The number of hydrogen-bond acceptors (Lipinski definition) is 10. The summed E-state index contributed by atoms with van der Waals surface area (Å²) < 4.78 is 60.7. The number of nitrogens with zero attached hydrogens (tertiary/aromatic N) is 3. The zero-order valence-corrected chi connectivity index (χ0v) is 28.1. The van der Waals surface area contributed by atoms with Crippen molar-refractivity contribution in [3.05, 3.63) is 54.6 Å². The lowest BCUT2D eigenvalue weighted by molar-refractivity contribution is -0.117. The molecular weight excluding hydrogens is 653 g/mol. The Hall–Kier alpha value is -3.53. The molecular formula is C31H38N4O8S3. The van der Waals surface area contributed by atoms with E-state index in [-0.39, 0.29) is 34.5 Å². The fourth-order valence-corrected chi connectivity index (χ4v) is 8.19. The minimum absolute atomic E-state index is 0.0419. The zero-order valence-electron chi connectivity index (χ0n) is 25.6. The quantitative estimate of drug-likeness (QED) is 0.0783. The van der Waals surface area contributed by atoms with Gasteiger partial charge in [0.1, 0.15) is 10.6 Å². The molecule has 0 spiro atoms. The number of carbonyl (C=O) groups excluding carboxylic acids is 2. The Kier molecular flexibility index (Phi) is 11.8. The molecule has 46 heavy (non-hydrogen) atoms. The smallest absolute Gasteiger partial charge is 0.290 e. The van der Waals surface area contributed by atoms with Crippen LogP contribution in [-0.2, 0) is 24.9 Å². The van der Waals surface area contributed by atoms with Crippen molar-refractivity contribution in [2.45, 2.75) is 86.3 Å². The van der Waals surface area contributed by atoms with E-state index in [1.165, 1.54) is 6.07 Å². The van der Waals surface area contributed by atoms with Gasteiger partial charge in [0.15, 0.2) is 0 Å². The fraction of sp³-hybridized carbons (Fsp3) is 0.419. The highest BCUT2D eigenvalue weighted by Crippen LogP contribution is 2.44. The first-order valence-electron chi connectivity index (χ1n) is 15.1. The Bertz CT molecular complexity index is 1810. The van der Waals surface area contributed by atoms with E-state index >= 15 is 0 Å². The van der Waals surface area contributed by atoms with Crippen LogP contribution in [-0.4, -0.2) is 55.5 Å². The molecule has 1 saturated carbocycles. The first-order valence-corrected chi connectivity index (χ1v) is 18.9. The highest BCUT2D eigenvalue weighted by atomic mass is 32.2. The minimum Gasteiger partial charge on any atom is -0.506 e. The van der Waals surface area contributed by atoms with Crippen molar-refractivity contribution in [2.75, 3.05) is 11.4 Å². The summed E-state index contributed by atoms with van der Waals surface area (Å²) in [6.45, 7) is 3.46. The molecule has 3 aromatic carbocycles. The van der Waals surface area contributed by atoms with Gasteiger partial charge in [0.2, 0.25) is 5.91 Å². The average Bonchev–Trinajstić information content (AvgIpc) is 3.00. The van der Waals surface area contributed by atoms with Gasteiger partial charge in [0.05, 0.1) is 22.7 Å². The molecule has 2 amide bonds. The third-order valence-electron chi connectivity index (χ3n) is 7.71. The van der Waals surface area contributed by atoms with Gasteiger partial charge in [0.25, 0.3) is 25.4 Å². The summed E-state index contributed by atoms with van der Waals surface area (Å²) in [5.74, 6) is -1.47. The normalized spacial score (nSPS) is 17.3. The van der Waals surface area contributed by atoms with Crippen LogP contribution in [0.2, 0.25) is 0 Å². The third kappa shape index (κ3) is 8.84. The molecule has 0 unspecified atom stereocenters. The Labute approximate surface area is 273 Å². The molecule has 0 heterocycles. The van der Waals surface area contributed by atoms with Crippen LogP contribution in [0.15, 0.2) is 74.6 Å². The number of sulfonamides is 1. The number of phenolic OH excluding ortho intramolecular Hbond substituents is 1. The molecule has 1 aliphatic rings. The summed E-state index contributed by atoms with van der Waals surface area (Å²) in [4.78, 5) is 27.3. The summed E-state index contributed by atoms with van der Waals surface area (Å²) in [5, 5.41) is 19.3. The number of aromatic hydroxyl groups is 1. The van der Waals surface area contributed by atoms with Crippen LogP contribution >= 0.6 is 11.8 Å². The number of carbonyl (C=O) groups is 2. The second-order valence-electron chi connectivity index (χ2n) is 11.2. The monoisotopic (exact) mass is 690 g/mol. The maximum absolute atomic E-state index is 13.8. The van der Waals surface area contributed by atoms with E-state index in [0.29, 0.717) is 31.5 Å². The Morgan fingerprint density at radius 2 is 1.67 bits per heavy atom. The van der Waals surface area contributed by atoms with Crippen molar-refractivity contribution >= 4 is 65.2 Å². The van der Waals surface area contributed by atoms with Crippen molar-refractivity contribution in [3.8, 4) is 5.75 Å². The van der Waals surface area contributed by atoms with Crippen LogP contribution in [0, 0.1) is 0 Å². The van der Waals surface area contributed by atoms with Crippen LogP contribution in [0.4, 0.5) is 16.2 Å². The molecule has 0 bridgehead atoms. The molecule has 0 aliphatic heterocycles. The van der Waals surface area contributed by atoms with Crippen molar-refractivity contribution in [2.24, 2.45) is 10.2 Å². The number of phenols is 1. The first-order chi connectivity index (χ1) is 21.8. The lowest BCUT2D eigenvalue weighted by atomic mass is 9.96. The molecule has 248 valence electrons. The summed E-state index contributed by atoms with van der Waals surface area (Å²) in [6, 6.07) is 14.7. The number of hydrogen-bond donors (Lipinski definition) is 3. The molecule has 1 fully saturated rings. The van der Waals surface area contributed by atoms with Gasteiger partial charge in [-0.1, -0.05) is 56.5 Å². The molecule has 3 aromatic rings. The molecule has 3 N–H and O–H groups in total. The number of thioether (sulfide) groups is 1. The van der Waals surface area contributed by atoms with E-state index in [1.807, 2.05) is 35.1 Å². The summed E-state index contributed by atoms with van der Waals surface area (Å²) in [5.41, 5.74) is 0.436. The van der Waals surface area contributed by atoms with Gasteiger partial charge < -0.3 is 10.0 Å². The number of nitrogens with one attached hydrogen (secondary N) is 1. The Morgan fingerprint density at radius 3 is 2.30 bits per heavy atom. The van der Waals surface area contributed by atoms with Crippen molar-refractivity contribution in [3.63, 3.8) is 0 Å². The number of azo groups is 1. The lowest BCUT2D eigenvalue weighted by Gasteiger charge is -2.25.